The minimum atomic E-state index is -1.17. The molecule has 4 aromatic rings. The van der Waals surface area contributed by atoms with Gasteiger partial charge in [-0.2, -0.15) is 5.10 Å². The van der Waals surface area contributed by atoms with Crippen LogP contribution >= 0.6 is 22.9 Å². The number of ether oxygens (including phenoxy) is 1. The summed E-state index contributed by atoms with van der Waals surface area (Å²) in [5.41, 5.74) is 2.91. The molecule has 1 saturated heterocycles. The van der Waals surface area contributed by atoms with Gasteiger partial charge in [0, 0.05) is 29.6 Å². The number of benzene rings is 2. The monoisotopic (exact) mass is 496 g/mol. The van der Waals surface area contributed by atoms with E-state index in [1.54, 1.807) is 23.6 Å². The van der Waals surface area contributed by atoms with Crippen molar-refractivity contribution in [3.05, 3.63) is 69.4 Å². The first-order chi connectivity index (χ1) is 16.5. The number of nitrogens with zero attached hydrogens (tertiary/aromatic N) is 2. The maximum Gasteiger partial charge on any atom is 0.253 e. The van der Waals surface area contributed by atoms with Gasteiger partial charge in [-0.25, -0.2) is 0 Å². The molecule has 3 N–H and O–H groups in total. The molecule has 2 aromatic heterocycles. The van der Waals surface area contributed by atoms with Crippen LogP contribution in [0.4, 0.5) is 0 Å². The van der Waals surface area contributed by atoms with Crippen LogP contribution in [-0.2, 0) is 0 Å². The Bertz CT molecular complexity index is 1300. The Balaban J connectivity index is 1.32. The fourth-order valence-electron chi connectivity index (χ4n) is 4.14. The average molecular weight is 497 g/mol. The van der Waals surface area contributed by atoms with Gasteiger partial charge in [0.15, 0.2) is 6.23 Å². The van der Waals surface area contributed by atoms with Gasteiger partial charge >= 0.3 is 0 Å². The minimum Gasteiger partial charge on any atom is -0.490 e. The minimum absolute atomic E-state index is 0.244. The smallest absolute Gasteiger partial charge is 0.253 e. The van der Waals surface area contributed by atoms with Gasteiger partial charge < -0.3 is 20.1 Å². The summed E-state index contributed by atoms with van der Waals surface area (Å²) in [5.74, 6) is 0.451. The van der Waals surface area contributed by atoms with Crippen LogP contribution in [0.3, 0.4) is 0 Å². The lowest BCUT2D eigenvalue weighted by molar-refractivity contribution is 0.0791. The largest absolute Gasteiger partial charge is 0.490 e. The molecular weight excluding hydrogens is 472 g/mol. The summed E-state index contributed by atoms with van der Waals surface area (Å²) in [6, 6.07) is 14.9. The number of carbonyl (C=O) groups is 1. The molecule has 7 nitrogen and oxygen atoms in total. The van der Waals surface area contributed by atoms with Gasteiger partial charge in [0.2, 0.25) is 0 Å². The number of hydrogen-bond donors (Lipinski definition) is 3. The highest BCUT2D eigenvalue weighted by molar-refractivity contribution is 7.10. The zero-order valence-electron chi connectivity index (χ0n) is 18.6. The highest BCUT2D eigenvalue weighted by atomic mass is 35.5. The van der Waals surface area contributed by atoms with Crippen molar-refractivity contribution in [1.29, 1.82) is 0 Å². The number of aliphatic hydroxyl groups is 1. The topological polar surface area (TPSA) is 90.5 Å². The fourth-order valence-corrected chi connectivity index (χ4v) is 5.23. The standard InChI is InChI=1S/C25H25ClN4O3S/c1-30-11-8-18(9-12-30)33-17-5-2-15(3-6-17)22-19-14-16(4-7-21(19)28-29-22)24(31)27-25(32)23-20(26)10-13-34-23/h2-7,10,13-14,18,25,32H,8-9,11-12H2,1H3,(H,27,31)(H,28,29). The van der Waals surface area contributed by atoms with E-state index in [2.05, 4.69) is 27.5 Å². The lowest BCUT2D eigenvalue weighted by Gasteiger charge is -2.29. The third-order valence-electron chi connectivity index (χ3n) is 6.08. The molecule has 0 bridgehead atoms. The number of carbonyl (C=O) groups excluding carboxylic acids is 1. The van der Waals surface area contributed by atoms with Crippen LogP contribution in [0.25, 0.3) is 22.2 Å². The molecule has 3 heterocycles. The van der Waals surface area contributed by atoms with Crippen molar-refractivity contribution in [3.63, 3.8) is 0 Å². The highest BCUT2D eigenvalue weighted by Crippen LogP contribution is 2.30. The van der Waals surface area contributed by atoms with E-state index in [9.17, 15) is 9.90 Å². The summed E-state index contributed by atoms with van der Waals surface area (Å²) in [4.78, 5) is 15.6. The number of aromatic nitrogens is 2. The number of aliphatic hydroxyl groups excluding tert-OH is 1. The number of amides is 1. The molecule has 1 atom stereocenters. The third kappa shape index (κ3) is 4.81. The maximum absolute atomic E-state index is 12.8. The lowest BCUT2D eigenvalue weighted by atomic mass is 10.0. The molecule has 5 rings (SSSR count). The number of aromatic amines is 1. The van der Waals surface area contributed by atoms with Crippen LogP contribution < -0.4 is 10.1 Å². The number of H-pyrrole nitrogens is 1. The van der Waals surface area contributed by atoms with Gasteiger partial charge in [-0.3, -0.25) is 9.89 Å². The number of thiophene rings is 1. The summed E-state index contributed by atoms with van der Waals surface area (Å²) in [7, 11) is 2.13. The lowest BCUT2D eigenvalue weighted by Crippen LogP contribution is -2.35. The highest BCUT2D eigenvalue weighted by Gasteiger charge is 2.19. The second-order valence-corrected chi connectivity index (χ2v) is 9.84. The first-order valence-electron chi connectivity index (χ1n) is 11.1. The van der Waals surface area contributed by atoms with Crippen molar-refractivity contribution in [2.45, 2.75) is 25.2 Å². The molecule has 1 fully saturated rings. The summed E-state index contributed by atoms with van der Waals surface area (Å²) >= 11 is 7.35. The van der Waals surface area contributed by atoms with Gasteiger partial charge in [0.05, 0.1) is 21.1 Å². The van der Waals surface area contributed by atoms with Crippen molar-refractivity contribution < 1.29 is 14.6 Å². The van der Waals surface area contributed by atoms with Gasteiger partial charge in [-0.05, 0) is 73.8 Å². The van der Waals surface area contributed by atoms with E-state index in [1.807, 2.05) is 30.3 Å². The number of rotatable bonds is 6. The summed E-state index contributed by atoms with van der Waals surface area (Å²) in [6.07, 6.45) is 1.13. The number of likely N-dealkylation sites (tertiary alicyclic amines) is 1. The summed E-state index contributed by atoms with van der Waals surface area (Å²) in [5, 5.41) is 23.4. The van der Waals surface area contributed by atoms with Gasteiger partial charge in [0.1, 0.15) is 11.9 Å². The van der Waals surface area contributed by atoms with E-state index >= 15 is 0 Å². The number of hydrogen-bond acceptors (Lipinski definition) is 6. The van der Waals surface area contributed by atoms with Crippen molar-refractivity contribution >= 4 is 39.7 Å². The first-order valence-corrected chi connectivity index (χ1v) is 12.4. The van der Waals surface area contributed by atoms with Crippen molar-refractivity contribution in [2.24, 2.45) is 0 Å². The summed E-state index contributed by atoms with van der Waals surface area (Å²) in [6.45, 7) is 2.10. The SMILES string of the molecule is CN1CCC(Oc2ccc(-c3n[nH]c4ccc(C(=O)NC(O)c5sccc5Cl)cc34)cc2)CC1. The average Bonchev–Trinajstić information content (AvgIpc) is 3.47. The van der Waals surface area contributed by atoms with Gasteiger partial charge in [0.25, 0.3) is 5.91 Å². The van der Waals surface area contributed by atoms with Crippen LogP contribution in [0, 0.1) is 0 Å². The Morgan fingerprint density at radius 3 is 2.71 bits per heavy atom. The van der Waals surface area contributed by atoms with Crippen molar-refractivity contribution in [2.75, 3.05) is 20.1 Å². The van der Waals surface area contributed by atoms with Gasteiger partial charge in [-0.1, -0.05) is 11.6 Å². The first kappa shape index (κ1) is 22.9. The Kier molecular flexibility index (Phi) is 6.56. The molecule has 2 aromatic carbocycles. The number of piperidine rings is 1. The molecule has 9 heteroatoms. The Hall–Kier alpha value is -2.91. The van der Waals surface area contributed by atoms with Crippen molar-refractivity contribution in [3.8, 4) is 17.0 Å². The molecule has 1 aliphatic rings. The Morgan fingerprint density at radius 2 is 2.00 bits per heavy atom. The molecule has 1 unspecified atom stereocenters. The predicted octanol–water partition coefficient (Wildman–Crippen LogP) is 4.84. The zero-order chi connectivity index (χ0) is 23.7. The van der Waals surface area contributed by atoms with Gasteiger partial charge in [-0.15, -0.1) is 11.3 Å². The molecule has 34 heavy (non-hydrogen) atoms. The number of fused-ring (bicyclic) bond motifs is 1. The van der Waals surface area contributed by atoms with Crippen LogP contribution in [0.5, 0.6) is 5.75 Å². The molecule has 0 aliphatic carbocycles. The quantitative estimate of drug-likeness (QED) is 0.332. The molecule has 1 aliphatic heterocycles. The van der Waals surface area contributed by atoms with Crippen molar-refractivity contribution in [1.82, 2.24) is 20.4 Å². The van der Waals surface area contributed by atoms with Crippen LogP contribution in [0.2, 0.25) is 5.02 Å². The molecule has 0 radical (unpaired) electrons. The van der Waals surface area contributed by atoms with Crippen LogP contribution in [0.15, 0.2) is 53.9 Å². The second kappa shape index (κ2) is 9.76. The third-order valence-corrected chi connectivity index (χ3v) is 7.49. The number of nitrogens with one attached hydrogen (secondary N) is 2. The molecule has 0 spiro atoms. The predicted molar refractivity (Wildman–Crippen MR) is 134 cm³/mol. The fraction of sp³-hybridized carbons (Fsp3) is 0.280. The van der Waals surface area contributed by atoms with E-state index < -0.39 is 12.1 Å². The number of halogens is 1. The molecule has 1 amide bonds. The normalized spacial score (nSPS) is 16.0. The molecule has 0 saturated carbocycles. The zero-order valence-corrected chi connectivity index (χ0v) is 20.2. The Morgan fingerprint density at radius 1 is 1.24 bits per heavy atom. The van der Waals surface area contributed by atoms with E-state index in [1.165, 1.54) is 11.3 Å². The summed E-state index contributed by atoms with van der Waals surface area (Å²) < 4.78 is 6.15. The second-order valence-electron chi connectivity index (χ2n) is 8.49. The van der Waals surface area contributed by atoms with E-state index in [0.29, 0.717) is 15.5 Å². The molecule has 176 valence electrons. The van der Waals surface area contributed by atoms with E-state index in [-0.39, 0.29) is 6.10 Å². The van der Waals surface area contributed by atoms with Crippen LogP contribution in [0.1, 0.15) is 34.3 Å². The van der Waals surface area contributed by atoms with E-state index in [4.69, 9.17) is 16.3 Å². The van der Waals surface area contributed by atoms with E-state index in [0.717, 1.165) is 53.8 Å². The molecular formula is C25H25ClN4O3S. The Labute approximate surface area is 206 Å². The van der Waals surface area contributed by atoms with Crippen LogP contribution in [-0.4, -0.2) is 52.4 Å². The maximum atomic E-state index is 12.8.